The first-order valence-corrected chi connectivity index (χ1v) is 38.1. The van der Waals surface area contributed by atoms with Gasteiger partial charge in [0.15, 0.2) is 17.3 Å². The smallest absolute Gasteiger partial charge is 0.311 e. The van der Waals surface area contributed by atoms with Gasteiger partial charge in [-0.2, -0.15) is 0 Å². The molecule has 8 nitrogen and oxygen atoms in total. The Hall–Kier alpha value is -5.11. The van der Waals surface area contributed by atoms with Crippen LogP contribution in [0.15, 0.2) is 98.1 Å². The van der Waals surface area contributed by atoms with Crippen LogP contribution in [-0.4, -0.2) is 66.7 Å². The number of aliphatic hydroxyl groups is 1. The van der Waals surface area contributed by atoms with E-state index in [2.05, 4.69) is 199 Å². The summed E-state index contributed by atoms with van der Waals surface area (Å²) < 4.78 is 30.3. The molecule has 1 saturated carbocycles. The number of allylic oxidation sites excluding steroid dienone is 2. The fraction of sp³-hybridized carbons (Fsp3) is 0.707. The van der Waals surface area contributed by atoms with Gasteiger partial charge in [-0.15, -0.1) is 13.2 Å². The van der Waals surface area contributed by atoms with Crippen molar-refractivity contribution in [2.75, 3.05) is 27.2 Å². The molecule has 102 heavy (non-hydrogen) atoms. The molecule has 1 N–H and O–H groups in total. The van der Waals surface area contributed by atoms with E-state index >= 15 is 0 Å². The third kappa shape index (κ3) is 89.1. The zero-order valence-electron chi connectivity index (χ0n) is 73.3. The van der Waals surface area contributed by atoms with Crippen molar-refractivity contribution in [3.63, 3.8) is 0 Å². The summed E-state index contributed by atoms with van der Waals surface area (Å²) >= 11 is 0. The second-order valence-electron chi connectivity index (χ2n) is 38.6. The van der Waals surface area contributed by atoms with E-state index in [4.69, 9.17) is 16.4 Å². The molecule has 4 rings (SSSR count). The molecule has 0 unspecified atom stereocenters. The van der Waals surface area contributed by atoms with E-state index in [1.54, 1.807) is 6.07 Å². The van der Waals surface area contributed by atoms with Gasteiger partial charge in [0.25, 0.3) is 0 Å². The SMILES string of the molecule is C=CCC(C)(C)C.C=CCC(C)C.CC(C)(C)CC=O.CC(C)(C)CCO.CC(C)(C)Cc1ccccc1.CC(C)(C)OC(=O)C(C)(C)C.CC(C)C(=O)C1CCC1.CC(C)CCC(=O)C(C)C.CC(C)Cc1ccc(F)c(F)c1.CN(C)CCC(C)(C)C.[C-]#[N+]c1ccc(CC(C)(C)C)cc1. The monoisotopic (exact) mass is 1430 g/mol. The van der Waals surface area contributed by atoms with Crippen LogP contribution < -0.4 is 0 Å². The number of hydrogen-bond donors (Lipinski definition) is 1. The van der Waals surface area contributed by atoms with Crippen LogP contribution in [0.1, 0.15) is 316 Å². The Labute approximate surface area is 631 Å². The van der Waals surface area contributed by atoms with Crippen LogP contribution in [0.4, 0.5) is 14.5 Å². The quantitative estimate of drug-likeness (QED) is 0.0621. The molecule has 1 aliphatic carbocycles. The Morgan fingerprint density at radius 3 is 1.22 bits per heavy atom. The van der Waals surface area contributed by atoms with Crippen molar-refractivity contribution in [1.29, 1.82) is 0 Å². The summed E-state index contributed by atoms with van der Waals surface area (Å²) in [6.45, 7) is 86.7. The molecule has 10 heteroatoms. The lowest BCUT2D eigenvalue weighted by Gasteiger charge is -2.25. The lowest BCUT2D eigenvalue weighted by atomic mass is 9.79. The van der Waals surface area contributed by atoms with Gasteiger partial charge in [0, 0.05) is 37.2 Å². The number of rotatable bonds is 17. The molecular weight excluding hydrogens is 1270 g/mol. The standard InChI is InChI=1S/C12H15N.C11H16.C10H12F2.C9H18O2.C9H18O.C8H19N.C8H14O.C7H14.C6H14O.C6H12O.C6H12/c1-12(2,3)9-10-5-7-11(13-4)8-6-10;1-11(2,3)9-10-7-5-4-6-8-10;1-7(2)5-8-3-4-9(11)10(12)6-8;1-8(2,3)7(10)11-9(4,5)6;1-7(2)5-6-9(10)8(3)4;1-8(2,3)6-7-9(4)5;1-6(2)8(9)7-4-3-5-7;1-5-6-7(2,3)4;2*1-6(2,3)4-5-7;1-4-5-6(2)3/h5-8H,9H2,1-3H3;4-8H,9H2,1-3H3;3-4,6-7H,5H2,1-2H3;1-6H3;7-8H,5-6H2,1-4H3;6-7H2,1-5H3;6-7H,3-5H2,1-2H3;5H,1,6H2,2-4H3;7H,4-5H2,1-3H3;5H,4H2,1-3H3;4,6H,1,5H2,2-3H3. The van der Waals surface area contributed by atoms with Gasteiger partial charge >= 0.3 is 5.97 Å². The second-order valence-corrected chi connectivity index (χ2v) is 38.6. The average molecular weight is 1430 g/mol. The van der Waals surface area contributed by atoms with E-state index in [1.165, 1.54) is 42.6 Å². The third-order valence-corrected chi connectivity index (χ3v) is 14.0. The first kappa shape index (κ1) is 110. The number of Topliss-reactive ketones (excluding diaryl/α,β-unsaturated/α-hetero) is 2. The Balaban J connectivity index is -0.000000196. The molecule has 0 atom stereocenters. The predicted molar refractivity (Wildman–Crippen MR) is 445 cm³/mol. The first-order chi connectivity index (χ1) is 45.9. The minimum atomic E-state index is -0.775. The van der Waals surface area contributed by atoms with Gasteiger partial charge in [0.1, 0.15) is 23.5 Å². The summed E-state index contributed by atoms with van der Waals surface area (Å²) in [5.41, 5.74) is 5.67. The Bertz CT molecular complexity index is 2600. The molecule has 1 fully saturated rings. The summed E-state index contributed by atoms with van der Waals surface area (Å²) in [4.78, 5) is 48.8. The number of esters is 1. The molecule has 0 radical (unpaired) electrons. The first-order valence-electron chi connectivity index (χ1n) is 38.1. The molecule has 0 aromatic heterocycles. The van der Waals surface area contributed by atoms with Crippen molar-refractivity contribution in [3.05, 3.63) is 138 Å². The molecule has 3 aromatic rings. The van der Waals surface area contributed by atoms with E-state index < -0.39 is 17.0 Å². The summed E-state index contributed by atoms with van der Waals surface area (Å²) in [5, 5.41) is 8.40. The molecule has 0 aliphatic heterocycles. The molecule has 0 bridgehead atoms. The Kier molecular flexibility index (Phi) is 61.8. The van der Waals surface area contributed by atoms with Crippen LogP contribution in [0.2, 0.25) is 0 Å². The zero-order valence-corrected chi connectivity index (χ0v) is 73.3. The van der Waals surface area contributed by atoms with Crippen molar-refractivity contribution in [2.45, 2.75) is 324 Å². The van der Waals surface area contributed by atoms with Gasteiger partial charge in [-0.05, 0) is 205 Å². The van der Waals surface area contributed by atoms with Crippen LogP contribution in [0, 0.1) is 91.6 Å². The van der Waals surface area contributed by atoms with Crippen molar-refractivity contribution in [1.82, 2.24) is 4.90 Å². The number of aldehydes is 1. The molecule has 592 valence electrons. The molecular formula is C92H164F2N2O6. The lowest BCUT2D eigenvalue weighted by Crippen LogP contribution is -2.31. The zero-order chi connectivity index (χ0) is 81.9. The summed E-state index contributed by atoms with van der Waals surface area (Å²) in [5.74, 6) is 2.01. The molecule has 3 aromatic carbocycles. The van der Waals surface area contributed by atoms with E-state index in [9.17, 15) is 28.0 Å². The molecule has 0 spiro atoms. The number of ketones is 2. The fourth-order valence-corrected chi connectivity index (χ4v) is 7.87. The molecule has 0 amide bonds. The summed E-state index contributed by atoms with van der Waals surface area (Å²) in [6.07, 6.45) is 18.3. The maximum Gasteiger partial charge on any atom is 0.311 e. The van der Waals surface area contributed by atoms with Gasteiger partial charge in [-0.25, -0.2) is 13.6 Å². The maximum atomic E-state index is 12.7. The molecule has 0 heterocycles. The van der Waals surface area contributed by atoms with E-state index in [0.29, 0.717) is 69.4 Å². The molecule has 1 aliphatic rings. The van der Waals surface area contributed by atoms with Gasteiger partial charge in [-0.1, -0.05) is 273 Å². The van der Waals surface area contributed by atoms with Crippen LogP contribution in [0.5, 0.6) is 0 Å². The number of ether oxygens (including phenoxy) is 1. The number of halogens is 2. The third-order valence-electron chi connectivity index (χ3n) is 14.0. The highest BCUT2D eigenvalue weighted by atomic mass is 19.2. The number of hydrogen-bond acceptors (Lipinski definition) is 7. The van der Waals surface area contributed by atoms with Gasteiger partial charge in [0.2, 0.25) is 0 Å². The maximum absolute atomic E-state index is 12.7. The highest BCUT2D eigenvalue weighted by Crippen LogP contribution is 2.30. The highest BCUT2D eigenvalue weighted by molar-refractivity contribution is 5.83. The van der Waals surface area contributed by atoms with Gasteiger partial charge < -0.3 is 19.5 Å². The largest absolute Gasteiger partial charge is 0.460 e. The van der Waals surface area contributed by atoms with Crippen molar-refractivity contribution in [2.24, 2.45) is 73.4 Å². The van der Waals surface area contributed by atoms with Crippen molar-refractivity contribution < 1.29 is 37.8 Å². The van der Waals surface area contributed by atoms with Crippen LogP contribution in [0.3, 0.4) is 0 Å². The van der Waals surface area contributed by atoms with Crippen LogP contribution in [0.25, 0.3) is 4.85 Å². The fourth-order valence-electron chi connectivity index (χ4n) is 7.87. The predicted octanol–water partition coefficient (Wildman–Crippen LogP) is 27.1. The van der Waals surface area contributed by atoms with Crippen LogP contribution >= 0.6 is 0 Å². The van der Waals surface area contributed by atoms with Gasteiger partial charge in [0.05, 0.1) is 12.0 Å². The van der Waals surface area contributed by atoms with Crippen molar-refractivity contribution in [3.8, 4) is 0 Å². The number of aliphatic hydroxyl groups excluding tert-OH is 1. The summed E-state index contributed by atoms with van der Waals surface area (Å²) in [6, 6.07) is 22.5. The minimum Gasteiger partial charge on any atom is -0.460 e. The Morgan fingerprint density at radius 1 is 0.569 bits per heavy atom. The second kappa shape index (κ2) is 57.2. The number of benzene rings is 3. The number of carbonyl (C=O) groups is 4. The molecule has 0 saturated heterocycles. The Morgan fingerprint density at radius 2 is 1.01 bits per heavy atom. The highest BCUT2D eigenvalue weighted by Gasteiger charge is 2.28. The summed E-state index contributed by atoms with van der Waals surface area (Å²) in [7, 11) is 4.23. The lowest BCUT2D eigenvalue weighted by molar-refractivity contribution is -0.164. The number of nitrogens with zero attached hydrogens (tertiary/aromatic N) is 2. The topological polar surface area (TPSA) is 105 Å². The minimum absolute atomic E-state index is 0.148. The van der Waals surface area contributed by atoms with E-state index in [-0.39, 0.29) is 28.8 Å². The van der Waals surface area contributed by atoms with Gasteiger partial charge in [-0.3, -0.25) is 14.4 Å². The van der Waals surface area contributed by atoms with E-state index in [1.807, 2.05) is 140 Å². The van der Waals surface area contributed by atoms with E-state index in [0.717, 1.165) is 87.7 Å². The number of carbonyl (C=O) groups excluding carboxylic acids is 4. The van der Waals surface area contributed by atoms with Crippen molar-refractivity contribution >= 4 is 29.5 Å². The normalized spacial score (nSPS) is 12.2. The van der Waals surface area contributed by atoms with Crippen LogP contribution in [-0.2, 0) is 43.2 Å². The average Bonchev–Trinajstić information content (AvgIpc) is 0.904.